The zero-order valence-corrected chi connectivity index (χ0v) is 23.1. The predicted molar refractivity (Wildman–Crippen MR) is 147 cm³/mol. The highest BCUT2D eigenvalue weighted by Gasteiger charge is 2.41. The zero-order valence-electron chi connectivity index (χ0n) is 23.1. The number of pyridine rings is 1. The Morgan fingerprint density at radius 1 is 1.22 bits per heavy atom. The zero-order chi connectivity index (χ0) is 29.7. The number of likely N-dealkylation sites (tertiary alicyclic amines) is 1. The van der Waals surface area contributed by atoms with Gasteiger partial charge >= 0.3 is 0 Å². The van der Waals surface area contributed by atoms with Crippen molar-refractivity contribution in [3.05, 3.63) is 65.1 Å². The summed E-state index contributed by atoms with van der Waals surface area (Å²) >= 11 is 0. The number of hydroxylamine groups is 1. The van der Waals surface area contributed by atoms with Crippen LogP contribution in [0.3, 0.4) is 0 Å². The predicted octanol–water partition coefficient (Wildman–Crippen LogP) is 5.16. The van der Waals surface area contributed by atoms with Crippen molar-refractivity contribution in [3.63, 3.8) is 0 Å². The highest BCUT2D eigenvalue weighted by atomic mass is 19.2. The second-order valence-corrected chi connectivity index (χ2v) is 10.4. The number of carbonyl (C=O) groups excluding carboxylic acids is 1. The number of halogens is 4. The number of hydrogen-bond donors (Lipinski definition) is 2. The van der Waals surface area contributed by atoms with Gasteiger partial charge in [-0.1, -0.05) is 11.8 Å². The fraction of sp³-hybridized carbons (Fsp3) is 0.400. The van der Waals surface area contributed by atoms with Gasteiger partial charge in [-0.25, -0.2) is 23.0 Å². The Balaban J connectivity index is 1.49. The third-order valence-electron chi connectivity index (χ3n) is 7.68. The average molecular weight is 573 g/mol. The van der Waals surface area contributed by atoms with Crippen LogP contribution in [0.2, 0.25) is 0 Å². The van der Waals surface area contributed by atoms with Crippen molar-refractivity contribution < 1.29 is 32.3 Å². The Labute approximate surface area is 236 Å². The largest absolute Gasteiger partial charge is 0.497 e. The van der Waals surface area contributed by atoms with E-state index in [9.17, 15) is 23.2 Å². The van der Waals surface area contributed by atoms with Gasteiger partial charge in [0.2, 0.25) is 5.91 Å². The number of benzene rings is 2. The van der Waals surface area contributed by atoms with E-state index in [-0.39, 0.29) is 24.9 Å². The molecule has 4 rings (SSSR count). The first-order valence-electron chi connectivity index (χ1n) is 13.2. The molecule has 1 aliphatic rings. The van der Waals surface area contributed by atoms with E-state index in [1.807, 2.05) is 4.90 Å². The molecule has 0 spiro atoms. The number of ether oxygens (including phenoxy) is 1. The molecule has 2 heterocycles. The molecular weight excluding hydrogens is 540 g/mol. The summed E-state index contributed by atoms with van der Waals surface area (Å²) in [5.41, 5.74) is 2.05. The third kappa shape index (κ3) is 6.55. The van der Waals surface area contributed by atoms with Gasteiger partial charge in [0.1, 0.15) is 17.7 Å². The summed E-state index contributed by atoms with van der Waals surface area (Å²) in [4.78, 5) is 21.0. The topological polar surface area (TPSA) is 77.9 Å². The van der Waals surface area contributed by atoms with Gasteiger partial charge in [-0.15, -0.1) is 0 Å². The standard InChI is InChI=1S/C30H32F4N4O3/c1-37(2)26-18-35-25-7-6-21(41-3)17-22(25)27(26)23(32)8-9-30(29(39)36-40)10-13-38(14-11-30)12-4-5-19-15-20(31)16-24(33)28(19)34/h6-7,15-18,23,40H,8-14H2,1-3H3,(H,36,39). The highest BCUT2D eigenvalue weighted by molar-refractivity contribution is 5.88. The van der Waals surface area contributed by atoms with E-state index < -0.39 is 34.9 Å². The average Bonchev–Trinajstić information content (AvgIpc) is 2.97. The van der Waals surface area contributed by atoms with Crippen LogP contribution in [0.5, 0.6) is 5.75 Å². The van der Waals surface area contributed by atoms with Crippen LogP contribution in [0.25, 0.3) is 10.9 Å². The van der Waals surface area contributed by atoms with Gasteiger partial charge in [0.25, 0.3) is 0 Å². The normalized spacial score (nSPS) is 15.6. The van der Waals surface area contributed by atoms with E-state index in [2.05, 4.69) is 16.8 Å². The molecule has 1 aromatic heterocycles. The number of hydrogen-bond acceptors (Lipinski definition) is 6. The van der Waals surface area contributed by atoms with E-state index in [1.165, 1.54) is 7.11 Å². The molecule has 0 saturated carbocycles. The van der Waals surface area contributed by atoms with Crippen molar-refractivity contribution in [2.24, 2.45) is 5.41 Å². The SMILES string of the molecule is COc1ccc2ncc(N(C)C)c(C(F)CCC3(C(=O)NO)CCN(CC#Cc4cc(F)cc(F)c4F)CC3)c2c1. The van der Waals surface area contributed by atoms with E-state index in [0.717, 1.165) is 6.07 Å². The number of aromatic nitrogens is 1. The Kier molecular flexibility index (Phi) is 9.35. The Morgan fingerprint density at radius 2 is 1.95 bits per heavy atom. The molecule has 0 aliphatic carbocycles. The third-order valence-corrected chi connectivity index (χ3v) is 7.68. The fourth-order valence-electron chi connectivity index (χ4n) is 5.28. The maximum atomic E-state index is 16.1. The molecule has 41 heavy (non-hydrogen) atoms. The molecular formula is C30H32F4N4O3. The maximum absolute atomic E-state index is 16.1. The molecule has 7 nitrogen and oxygen atoms in total. The van der Waals surface area contributed by atoms with Gasteiger partial charge in [-0.2, -0.15) is 0 Å². The number of nitrogens with zero attached hydrogens (tertiary/aromatic N) is 3. The maximum Gasteiger partial charge on any atom is 0.249 e. The summed E-state index contributed by atoms with van der Waals surface area (Å²) in [5.74, 6) is 1.72. The van der Waals surface area contributed by atoms with Crippen LogP contribution >= 0.6 is 0 Å². The monoisotopic (exact) mass is 572 g/mol. The summed E-state index contributed by atoms with van der Waals surface area (Å²) in [6.07, 6.45) is 1.03. The van der Waals surface area contributed by atoms with E-state index in [0.29, 0.717) is 59.9 Å². The van der Waals surface area contributed by atoms with Gasteiger partial charge < -0.3 is 9.64 Å². The first kappa shape index (κ1) is 30.1. The van der Waals surface area contributed by atoms with Gasteiger partial charge in [0.05, 0.1) is 42.0 Å². The summed E-state index contributed by atoms with van der Waals surface area (Å²) in [6, 6.07) is 6.55. The Morgan fingerprint density at radius 3 is 2.61 bits per heavy atom. The summed E-state index contributed by atoms with van der Waals surface area (Å²) in [5, 5.41) is 10.1. The molecule has 2 N–H and O–H groups in total. The first-order valence-corrected chi connectivity index (χ1v) is 13.2. The number of nitrogens with one attached hydrogen (secondary N) is 1. The van der Waals surface area contributed by atoms with Crippen molar-refractivity contribution in [2.75, 3.05) is 45.7 Å². The summed E-state index contributed by atoms with van der Waals surface area (Å²) in [7, 11) is 5.14. The molecule has 1 amide bonds. The van der Waals surface area contributed by atoms with E-state index >= 15 is 4.39 Å². The van der Waals surface area contributed by atoms with E-state index in [4.69, 9.17) is 4.74 Å². The lowest BCUT2D eigenvalue weighted by Gasteiger charge is -2.40. The lowest BCUT2D eigenvalue weighted by atomic mass is 9.73. The van der Waals surface area contributed by atoms with Crippen molar-refractivity contribution in [2.45, 2.75) is 31.9 Å². The molecule has 11 heteroatoms. The van der Waals surface area contributed by atoms with Crippen molar-refractivity contribution >= 4 is 22.5 Å². The number of anilines is 1. The number of alkyl halides is 1. The molecule has 2 aromatic carbocycles. The molecule has 0 radical (unpaired) electrons. The van der Waals surface area contributed by atoms with Crippen molar-refractivity contribution in [1.29, 1.82) is 0 Å². The molecule has 1 unspecified atom stereocenters. The van der Waals surface area contributed by atoms with Crippen LogP contribution < -0.4 is 15.1 Å². The van der Waals surface area contributed by atoms with Crippen LogP contribution in [0.1, 0.15) is 43.0 Å². The van der Waals surface area contributed by atoms with Crippen LogP contribution in [0.4, 0.5) is 23.2 Å². The van der Waals surface area contributed by atoms with Crippen LogP contribution in [-0.2, 0) is 4.79 Å². The fourth-order valence-corrected chi connectivity index (χ4v) is 5.28. The first-order chi connectivity index (χ1) is 19.6. The Bertz CT molecular complexity index is 1480. The van der Waals surface area contributed by atoms with Gasteiger partial charge in [0, 0.05) is 44.2 Å². The second kappa shape index (κ2) is 12.7. The van der Waals surface area contributed by atoms with Crippen molar-refractivity contribution in [1.82, 2.24) is 15.4 Å². The van der Waals surface area contributed by atoms with Crippen LogP contribution in [0, 0.1) is 34.7 Å². The highest BCUT2D eigenvalue weighted by Crippen LogP contribution is 2.43. The van der Waals surface area contributed by atoms with Crippen LogP contribution in [0.15, 0.2) is 36.5 Å². The lowest BCUT2D eigenvalue weighted by Crippen LogP contribution is -2.48. The number of piperidine rings is 1. The second-order valence-electron chi connectivity index (χ2n) is 10.4. The molecule has 218 valence electrons. The van der Waals surface area contributed by atoms with Gasteiger partial charge in [0.15, 0.2) is 11.6 Å². The van der Waals surface area contributed by atoms with Crippen molar-refractivity contribution in [3.8, 4) is 17.6 Å². The number of fused-ring (bicyclic) bond motifs is 1. The quantitative estimate of drug-likeness (QED) is 0.128. The van der Waals surface area contributed by atoms with Crippen LogP contribution in [-0.4, -0.2) is 61.8 Å². The number of rotatable bonds is 8. The molecule has 3 aromatic rings. The van der Waals surface area contributed by atoms with Gasteiger partial charge in [-0.05, 0) is 49.9 Å². The minimum absolute atomic E-state index is 0.0226. The Hall–Kier alpha value is -3.88. The number of amides is 1. The lowest BCUT2D eigenvalue weighted by molar-refractivity contribution is -0.143. The molecule has 0 bridgehead atoms. The minimum atomic E-state index is -1.43. The minimum Gasteiger partial charge on any atom is -0.497 e. The summed E-state index contributed by atoms with van der Waals surface area (Å²) < 4.78 is 62.2. The molecule has 1 aliphatic heterocycles. The van der Waals surface area contributed by atoms with E-state index in [1.54, 1.807) is 48.9 Å². The van der Waals surface area contributed by atoms with Gasteiger partial charge in [-0.3, -0.25) is 19.9 Å². The molecule has 1 atom stereocenters. The number of methoxy groups -OCH3 is 1. The number of carbonyl (C=O) groups is 1. The summed E-state index contributed by atoms with van der Waals surface area (Å²) in [6.45, 7) is 0.978. The molecule has 1 saturated heterocycles. The smallest absolute Gasteiger partial charge is 0.249 e. The molecule has 1 fully saturated rings.